The fourth-order valence-electron chi connectivity index (χ4n) is 2.55. The van der Waals surface area contributed by atoms with Gasteiger partial charge in [0.25, 0.3) is 0 Å². The van der Waals surface area contributed by atoms with Crippen molar-refractivity contribution in [2.75, 3.05) is 11.4 Å². The van der Waals surface area contributed by atoms with Crippen LogP contribution in [-0.4, -0.2) is 23.5 Å². The third-order valence-electron chi connectivity index (χ3n) is 3.80. The van der Waals surface area contributed by atoms with Crippen LogP contribution in [0.3, 0.4) is 0 Å². The third kappa shape index (κ3) is 3.23. The van der Waals surface area contributed by atoms with Gasteiger partial charge in [0.15, 0.2) is 5.82 Å². The molecule has 1 atom stereocenters. The fourth-order valence-corrected chi connectivity index (χ4v) is 2.55. The summed E-state index contributed by atoms with van der Waals surface area (Å²) in [4.78, 5) is 25.7. The minimum Gasteiger partial charge on any atom is -0.360 e. The number of nitrogens with zero attached hydrogens (tertiary/aromatic N) is 2. The van der Waals surface area contributed by atoms with Gasteiger partial charge in [-0.2, -0.15) is 0 Å². The van der Waals surface area contributed by atoms with Gasteiger partial charge in [0.1, 0.15) is 11.6 Å². The molecule has 0 radical (unpaired) electrons. The Morgan fingerprint density at radius 1 is 1.48 bits per heavy atom. The van der Waals surface area contributed by atoms with Crippen LogP contribution < -0.4 is 10.2 Å². The highest BCUT2D eigenvalue weighted by Crippen LogP contribution is 2.24. The molecule has 1 unspecified atom stereocenters. The van der Waals surface area contributed by atoms with Gasteiger partial charge in [-0.15, -0.1) is 0 Å². The van der Waals surface area contributed by atoms with E-state index in [1.54, 1.807) is 31.2 Å². The molecular weight excluding hydrogens is 301 g/mol. The second-order valence-corrected chi connectivity index (χ2v) is 5.51. The quantitative estimate of drug-likeness (QED) is 0.933. The molecule has 1 aromatic heterocycles. The van der Waals surface area contributed by atoms with E-state index in [0.29, 0.717) is 17.1 Å². The molecule has 23 heavy (non-hydrogen) atoms. The predicted molar refractivity (Wildman–Crippen MR) is 79.9 cm³/mol. The Labute approximate surface area is 132 Å². The SMILES string of the molecule is Cc1cc(N2CC(C(=O)NCc3ccccc3F)CC2=O)no1. The molecule has 2 amide bonds. The molecule has 2 aromatic rings. The van der Waals surface area contributed by atoms with Gasteiger partial charge in [-0.1, -0.05) is 23.4 Å². The minimum atomic E-state index is -0.480. The van der Waals surface area contributed by atoms with E-state index in [-0.39, 0.29) is 37.1 Å². The zero-order valence-electron chi connectivity index (χ0n) is 12.6. The summed E-state index contributed by atoms with van der Waals surface area (Å²) in [5.74, 6) is -0.285. The fraction of sp³-hybridized carbons (Fsp3) is 0.312. The van der Waals surface area contributed by atoms with Crippen LogP contribution >= 0.6 is 0 Å². The first-order chi connectivity index (χ1) is 11.0. The van der Waals surface area contributed by atoms with E-state index in [9.17, 15) is 14.0 Å². The van der Waals surface area contributed by atoms with Crippen molar-refractivity contribution in [3.63, 3.8) is 0 Å². The molecule has 1 N–H and O–H groups in total. The van der Waals surface area contributed by atoms with Crippen molar-refractivity contribution in [2.45, 2.75) is 19.9 Å². The third-order valence-corrected chi connectivity index (χ3v) is 3.80. The maximum atomic E-state index is 13.5. The first kappa shape index (κ1) is 15.2. The summed E-state index contributed by atoms with van der Waals surface area (Å²) in [5.41, 5.74) is 0.411. The van der Waals surface area contributed by atoms with Crippen LogP contribution in [0.5, 0.6) is 0 Å². The summed E-state index contributed by atoms with van der Waals surface area (Å²) in [6.45, 7) is 2.07. The van der Waals surface area contributed by atoms with E-state index in [0.717, 1.165) is 0 Å². The van der Waals surface area contributed by atoms with E-state index >= 15 is 0 Å². The average molecular weight is 317 g/mol. The number of benzene rings is 1. The van der Waals surface area contributed by atoms with E-state index in [4.69, 9.17) is 4.52 Å². The Morgan fingerprint density at radius 3 is 2.96 bits per heavy atom. The van der Waals surface area contributed by atoms with Gasteiger partial charge < -0.3 is 9.84 Å². The topological polar surface area (TPSA) is 75.4 Å². The van der Waals surface area contributed by atoms with E-state index < -0.39 is 5.92 Å². The molecule has 7 heteroatoms. The lowest BCUT2D eigenvalue weighted by Crippen LogP contribution is -2.32. The van der Waals surface area contributed by atoms with Gasteiger partial charge in [-0.05, 0) is 13.0 Å². The van der Waals surface area contributed by atoms with Crippen molar-refractivity contribution < 1.29 is 18.5 Å². The van der Waals surface area contributed by atoms with Crippen LogP contribution in [0.2, 0.25) is 0 Å². The number of hydrogen-bond donors (Lipinski definition) is 1. The molecule has 1 fully saturated rings. The van der Waals surface area contributed by atoms with Gasteiger partial charge in [0.05, 0.1) is 5.92 Å². The summed E-state index contributed by atoms with van der Waals surface area (Å²) < 4.78 is 18.5. The molecule has 6 nitrogen and oxygen atoms in total. The zero-order valence-corrected chi connectivity index (χ0v) is 12.6. The molecule has 3 rings (SSSR count). The van der Waals surface area contributed by atoms with Crippen LogP contribution in [0.25, 0.3) is 0 Å². The van der Waals surface area contributed by atoms with Gasteiger partial charge in [0, 0.05) is 31.1 Å². The van der Waals surface area contributed by atoms with Crippen molar-refractivity contribution >= 4 is 17.6 Å². The van der Waals surface area contributed by atoms with E-state index in [1.807, 2.05) is 0 Å². The summed E-state index contributed by atoms with van der Waals surface area (Å²) in [7, 11) is 0. The number of aryl methyl sites for hydroxylation is 1. The summed E-state index contributed by atoms with van der Waals surface area (Å²) in [6.07, 6.45) is 0.106. The first-order valence-electron chi connectivity index (χ1n) is 7.29. The van der Waals surface area contributed by atoms with Crippen LogP contribution in [0, 0.1) is 18.7 Å². The highest BCUT2D eigenvalue weighted by molar-refractivity contribution is 5.99. The van der Waals surface area contributed by atoms with Crippen molar-refractivity contribution in [2.24, 2.45) is 5.92 Å². The Hall–Kier alpha value is -2.70. The molecule has 0 bridgehead atoms. The zero-order chi connectivity index (χ0) is 16.4. The molecule has 2 heterocycles. The number of carbonyl (C=O) groups is 2. The van der Waals surface area contributed by atoms with Crippen LogP contribution in [-0.2, 0) is 16.1 Å². The standard InChI is InChI=1S/C16H16FN3O3/c1-10-6-14(19-23-10)20-9-12(7-15(20)21)16(22)18-8-11-4-2-3-5-13(11)17/h2-6,12H,7-9H2,1H3,(H,18,22). The van der Waals surface area contributed by atoms with Gasteiger partial charge >= 0.3 is 0 Å². The number of halogens is 1. The molecule has 1 saturated heterocycles. The molecule has 1 aliphatic heterocycles. The maximum Gasteiger partial charge on any atom is 0.229 e. The normalized spacial score (nSPS) is 17.6. The number of carbonyl (C=O) groups excluding carboxylic acids is 2. The molecule has 1 aromatic carbocycles. The van der Waals surface area contributed by atoms with Crippen LogP contribution in [0.4, 0.5) is 10.2 Å². The van der Waals surface area contributed by atoms with Gasteiger partial charge in [-0.3, -0.25) is 14.5 Å². The summed E-state index contributed by atoms with van der Waals surface area (Å²) >= 11 is 0. The largest absolute Gasteiger partial charge is 0.360 e. The Balaban J connectivity index is 1.61. The average Bonchev–Trinajstić information content (AvgIpc) is 3.12. The van der Waals surface area contributed by atoms with Crippen molar-refractivity contribution in [3.05, 3.63) is 47.5 Å². The lowest BCUT2D eigenvalue weighted by atomic mass is 10.1. The molecule has 1 aliphatic rings. The first-order valence-corrected chi connectivity index (χ1v) is 7.29. The Morgan fingerprint density at radius 2 is 2.26 bits per heavy atom. The predicted octanol–water partition coefficient (Wildman–Crippen LogP) is 1.79. The summed E-state index contributed by atoms with van der Waals surface area (Å²) in [6, 6.07) is 7.90. The van der Waals surface area contributed by atoms with Crippen LogP contribution in [0.15, 0.2) is 34.9 Å². The highest BCUT2D eigenvalue weighted by atomic mass is 19.1. The molecular formula is C16H16FN3O3. The number of aromatic nitrogens is 1. The number of anilines is 1. The molecule has 0 aliphatic carbocycles. The lowest BCUT2D eigenvalue weighted by Gasteiger charge is -2.13. The smallest absolute Gasteiger partial charge is 0.229 e. The second kappa shape index (κ2) is 6.20. The molecule has 0 saturated carbocycles. The number of rotatable bonds is 4. The van der Waals surface area contributed by atoms with Crippen LogP contribution in [0.1, 0.15) is 17.7 Å². The Bertz CT molecular complexity index is 744. The summed E-state index contributed by atoms with van der Waals surface area (Å²) in [5, 5.41) is 6.47. The van der Waals surface area contributed by atoms with Crippen molar-refractivity contribution in [3.8, 4) is 0 Å². The second-order valence-electron chi connectivity index (χ2n) is 5.51. The number of amides is 2. The maximum absolute atomic E-state index is 13.5. The van der Waals surface area contributed by atoms with Crippen molar-refractivity contribution in [1.29, 1.82) is 0 Å². The Kier molecular flexibility index (Phi) is 4.10. The molecule has 0 spiro atoms. The minimum absolute atomic E-state index is 0.0965. The number of nitrogens with one attached hydrogen (secondary N) is 1. The monoisotopic (exact) mass is 317 g/mol. The van der Waals surface area contributed by atoms with Crippen molar-refractivity contribution in [1.82, 2.24) is 10.5 Å². The van der Waals surface area contributed by atoms with E-state index in [2.05, 4.69) is 10.5 Å². The lowest BCUT2D eigenvalue weighted by molar-refractivity contribution is -0.126. The highest BCUT2D eigenvalue weighted by Gasteiger charge is 2.36. The van der Waals surface area contributed by atoms with Gasteiger partial charge in [-0.25, -0.2) is 4.39 Å². The number of hydrogen-bond acceptors (Lipinski definition) is 4. The van der Waals surface area contributed by atoms with E-state index in [1.165, 1.54) is 11.0 Å². The van der Waals surface area contributed by atoms with Gasteiger partial charge in [0.2, 0.25) is 11.8 Å². The molecule has 120 valence electrons.